The van der Waals surface area contributed by atoms with Gasteiger partial charge in [0.15, 0.2) is 0 Å². The number of amidine groups is 1. The standard InChI is InChI=1S/C39H57N5O3/c1-6-7-14-35(40)41-18-11-19-42-36(46)33(21-26(2)3)43-37(47)39(29-12-9-8-10-13-29)24-30(39)25-44-20-17-38(5)27(4)34(44)22-28-15-16-31(45)23-32(28)38/h8-10,12-13,15-16,23,26-27,30,33-34,45H,6-7,11,14,17-22,24-25H2,1-5H3,(H2,40,41)(H,42,46)(H,43,47)/t27?,30?,33?,34?,38-,39+/m1/s1. The molecule has 1 aliphatic heterocycles. The van der Waals surface area contributed by atoms with Gasteiger partial charge >= 0.3 is 0 Å². The Balaban J connectivity index is 1.27. The van der Waals surface area contributed by atoms with Gasteiger partial charge in [0, 0.05) is 32.1 Å². The lowest BCUT2D eigenvalue weighted by atomic mass is 9.59. The maximum atomic E-state index is 14.4. The van der Waals surface area contributed by atoms with E-state index in [1.54, 1.807) is 0 Å². The number of hydrogen-bond donors (Lipinski definition) is 4. The van der Waals surface area contributed by atoms with Crippen molar-refractivity contribution in [3.8, 4) is 5.75 Å². The summed E-state index contributed by atoms with van der Waals surface area (Å²) in [4.78, 5) is 34.9. The zero-order valence-electron chi connectivity index (χ0n) is 29.2. The van der Waals surface area contributed by atoms with Crippen molar-refractivity contribution in [3.63, 3.8) is 0 Å². The minimum absolute atomic E-state index is 0.0242. The molecule has 2 fully saturated rings. The van der Waals surface area contributed by atoms with Crippen LogP contribution in [0.2, 0.25) is 0 Å². The van der Waals surface area contributed by atoms with Crippen molar-refractivity contribution in [1.29, 1.82) is 0 Å². The molecule has 5 N–H and O–H groups in total. The number of fused-ring (bicyclic) bond motifs is 4. The van der Waals surface area contributed by atoms with Gasteiger partial charge in [-0.25, -0.2) is 0 Å². The number of unbranched alkanes of at least 4 members (excludes halogenated alkanes) is 1. The van der Waals surface area contributed by atoms with Crippen LogP contribution in [-0.4, -0.2) is 65.9 Å². The minimum Gasteiger partial charge on any atom is -0.508 e. The molecule has 2 amide bonds. The normalized spacial score (nSPS) is 27.6. The van der Waals surface area contributed by atoms with Gasteiger partial charge in [0.2, 0.25) is 11.8 Å². The van der Waals surface area contributed by atoms with E-state index in [0.29, 0.717) is 49.5 Å². The van der Waals surface area contributed by atoms with Gasteiger partial charge in [0.1, 0.15) is 11.8 Å². The van der Waals surface area contributed by atoms with E-state index in [-0.39, 0.29) is 29.1 Å². The average molecular weight is 644 g/mol. The fourth-order valence-electron chi connectivity index (χ4n) is 8.32. The first-order valence-corrected chi connectivity index (χ1v) is 18.0. The summed E-state index contributed by atoms with van der Waals surface area (Å²) in [5.41, 5.74) is 9.02. The number of nitrogens with two attached hydrogens (primary N) is 1. The lowest BCUT2D eigenvalue weighted by Gasteiger charge is -2.55. The summed E-state index contributed by atoms with van der Waals surface area (Å²) in [6, 6.07) is 15.8. The Kier molecular flexibility index (Phi) is 11.0. The second kappa shape index (κ2) is 14.8. The van der Waals surface area contributed by atoms with Crippen molar-refractivity contribution in [2.24, 2.45) is 28.5 Å². The molecule has 2 aromatic carbocycles. The predicted octanol–water partition coefficient (Wildman–Crippen LogP) is 5.46. The van der Waals surface area contributed by atoms with Gasteiger partial charge in [0.05, 0.1) is 11.3 Å². The number of phenolic OH excluding ortho intramolecular Hbond substituents is 1. The number of piperidine rings is 1. The molecule has 3 aliphatic rings. The second-order valence-corrected chi connectivity index (χ2v) is 15.1. The van der Waals surface area contributed by atoms with Crippen molar-refractivity contribution in [1.82, 2.24) is 15.5 Å². The summed E-state index contributed by atoms with van der Waals surface area (Å²) in [6.07, 6.45) is 6.96. The first-order valence-electron chi connectivity index (χ1n) is 18.0. The SMILES string of the molecule is CCCCC(N)=NCCCNC(=O)C(CC(C)C)NC(=O)[C@]1(c2ccccc2)CC1CN1CC[C@@]2(C)c3cc(O)ccc3CC1C2C. The highest BCUT2D eigenvalue weighted by molar-refractivity contribution is 5.95. The third kappa shape index (κ3) is 7.53. The fraction of sp³-hybridized carbons (Fsp3) is 0.615. The molecule has 4 unspecified atom stereocenters. The molecular weight excluding hydrogens is 586 g/mol. The molecule has 8 heteroatoms. The van der Waals surface area contributed by atoms with Crippen molar-refractivity contribution < 1.29 is 14.7 Å². The Morgan fingerprint density at radius 2 is 1.91 bits per heavy atom. The Morgan fingerprint density at radius 3 is 2.64 bits per heavy atom. The molecule has 1 heterocycles. The molecule has 2 aromatic rings. The summed E-state index contributed by atoms with van der Waals surface area (Å²) in [5, 5.41) is 16.5. The van der Waals surface area contributed by atoms with Crippen LogP contribution in [0.5, 0.6) is 5.75 Å². The van der Waals surface area contributed by atoms with Crippen LogP contribution in [0.4, 0.5) is 0 Å². The number of phenols is 1. The molecule has 256 valence electrons. The van der Waals surface area contributed by atoms with Gasteiger partial charge in [-0.2, -0.15) is 0 Å². The summed E-state index contributed by atoms with van der Waals surface area (Å²) in [7, 11) is 0. The van der Waals surface area contributed by atoms with Gasteiger partial charge in [-0.1, -0.05) is 77.4 Å². The largest absolute Gasteiger partial charge is 0.508 e. The Labute approximate surface area is 282 Å². The maximum absolute atomic E-state index is 14.4. The van der Waals surface area contributed by atoms with E-state index in [1.807, 2.05) is 30.3 Å². The van der Waals surface area contributed by atoms with Gasteiger partial charge < -0.3 is 21.5 Å². The Bertz CT molecular complexity index is 1430. The van der Waals surface area contributed by atoms with Gasteiger partial charge in [0.25, 0.3) is 0 Å². The van der Waals surface area contributed by atoms with Crippen molar-refractivity contribution in [2.75, 3.05) is 26.2 Å². The van der Waals surface area contributed by atoms with Crippen LogP contribution in [0.15, 0.2) is 53.5 Å². The summed E-state index contributed by atoms with van der Waals surface area (Å²) in [5.74, 6) is 1.69. The third-order valence-corrected chi connectivity index (χ3v) is 11.4. The van der Waals surface area contributed by atoms with Gasteiger partial charge in [-0.3, -0.25) is 19.5 Å². The number of amides is 2. The van der Waals surface area contributed by atoms with Crippen molar-refractivity contribution >= 4 is 17.6 Å². The van der Waals surface area contributed by atoms with Crippen LogP contribution < -0.4 is 16.4 Å². The number of carbonyl (C=O) groups is 2. The number of carbonyl (C=O) groups excluding carboxylic acids is 2. The number of rotatable bonds is 15. The monoisotopic (exact) mass is 643 g/mol. The molecule has 5 rings (SSSR count). The molecular formula is C39H57N5O3. The molecule has 2 aliphatic carbocycles. The number of benzene rings is 2. The van der Waals surface area contributed by atoms with Crippen LogP contribution in [0.3, 0.4) is 0 Å². The smallest absolute Gasteiger partial charge is 0.242 e. The molecule has 6 atom stereocenters. The highest BCUT2D eigenvalue weighted by Gasteiger charge is 2.62. The highest BCUT2D eigenvalue weighted by atomic mass is 16.3. The van der Waals surface area contributed by atoms with E-state index in [9.17, 15) is 14.7 Å². The molecule has 8 nitrogen and oxygen atoms in total. The first kappa shape index (κ1) is 34.9. The zero-order valence-corrected chi connectivity index (χ0v) is 29.2. The molecule has 0 spiro atoms. The van der Waals surface area contributed by atoms with Crippen LogP contribution >= 0.6 is 0 Å². The molecule has 2 bridgehead atoms. The third-order valence-electron chi connectivity index (χ3n) is 11.4. The van der Waals surface area contributed by atoms with E-state index in [4.69, 9.17) is 5.73 Å². The summed E-state index contributed by atoms with van der Waals surface area (Å²) < 4.78 is 0. The van der Waals surface area contributed by atoms with E-state index in [0.717, 1.165) is 57.2 Å². The summed E-state index contributed by atoms with van der Waals surface area (Å²) in [6.45, 7) is 13.9. The van der Waals surface area contributed by atoms with Gasteiger partial charge in [-0.05, 0) is 97.1 Å². The lowest BCUT2D eigenvalue weighted by molar-refractivity contribution is -0.131. The predicted molar refractivity (Wildman–Crippen MR) is 190 cm³/mol. The molecule has 0 radical (unpaired) electrons. The quantitative estimate of drug-likeness (QED) is 0.117. The second-order valence-electron chi connectivity index (χ2n) is 15.1. The lowest BCUT2D eigenvalue weighted by Crippen LogP contribution is -2.58. The van der Waals surface area contributed by atoms with E-state index in [1.165, 1.54) is 11.1 Å². The Hall–Kier alpha value is -3.39. The van der Waals surface area contributed by atoms with Crippen LogP contribution in [0.25, 0.3) is 0 Å². The molecule has 1 saturated heterocycles. The summed E-state index contributed by atoms with van der Waals surface area (Å²) >= 11 is 0. The topological polar surface area (TPSA) is 120 Å². The Morgan fingerprint density at radius 1 is 1.15 bits per heavy atom. The molecule has 47 heavy (non-hydrogen) atoms. The van der Waals surface area contributed by atoms with Crippen molar-refractivity contribution in [3.05, 3.63) is 65.2 Å². The average Bonchev–Trinajstić information content (AvgIpc) is 3.78. The number of hydrogen-bond acceptors (Lipinski definition) is 5. The number of aliphatic imine (C=N–C) groups is 1. The minimum atomic E-state index is -0.649. The number of nitrogens with one attached hydrogen (secondary N) is 2. The first-order chi connectivity index (χ1) is 22.5. The number of nitrogens with zero attached hydrogens (tertiary/aromatic N) is 2. The van der Waals surface area contributed by atoms with Crippen LogP contribution in [0, 0.1) is 17.8 Å². The zero-order chi connectivity index (χ0) is 33.8. The van der Waals surface area contributed by atoms with Crippen molar-refractivity contribution in [2.45, 2.75) is 109 Å². The molecule has 1 saturated carbocycles. The molecule has 0 aromatic heterocycles. The number of aromatic hydroxyl groups is 1. The number of likely N-dealkylation sites (tertiary alicyclic amines) is 1. The fourth-order valence-corrected chi connectivity index (χ4v) is 8.32. The van der Waals surface area contributed by atoms with E-state index < -0.39 is 11.5 Å². The van der Waals surface area contributed by atoms with Crippen LogP contribution in [0.1, 0.15) is 96.3 Å². The maximum Gasteiger partial charge on any atom is 0.242 e. The van der Waals surface area contributed by atoms with E-state index in [2.05, 4.69) is 73.3 Å². The van der Waals surface area contributed by atoms with Gasteiger partial charge in [-0.15, -0.1) is 0 Å². The van der Waals surface area contributed by atoms with E-state index >= 15 is 0 Å². The highest BCUT2D eigenvalue weighted by Crippen LogP contribution is 2.57. The van der Waals surface area contributed by atoms with Crippen LogP contribution in [-0.2, 0) is 26.8 Å².